The van der Waals surface area contributed by atoms with E-state index >= 15 is 0 Å². The molecule has 1 heterocycles. The van der Waals surface area contributed by atoms with Crippen molar-refractivity contribution in [3.05, 3.63) is 48.5 Å². The molecule has 2 unspecified atom stereocenters. The van der Waals surface area contributed by atoms with Gasteiger partial charge in [-0.05, 0) is 42.9 Å². The third-order valence-corrected chi connectivity index (χ3v) is 4.33. The van der Waals surface area contributed by atoms with Crippen LogP contribution >= 0.6 is 0 Å². The second-order valence-corrected chi connectivity index (χ2v) is 7.00. The molecule has 1 aliphatic carbocycles. The summed E-state index contributed by atoms with van der Waals surface area (Å²) in [5, 5.41) is 13.9. The first kappa shape index (κ1) is 18.0. The van der Waals surface area contributed by atoms with Crippen LogP contribution in [-0.4, -0.2) is 32.5 Å². The number of carboxylic acid groups (broad SMARTS) is 2. The van der Waals surface area contributed by atoms with Crippen LogP contribution in [0.5, 0.6) is 0 Å². The molecule has 3 rings (SSSR count). The number of nitrogens with zero attached hydrogens (tertiary/aromatic N) is 2. The zero-order valence-electron chi connectivity index (χ0n) is 14.1. The predicted octanol–water partition coefficient (Wildman–Crippen LogP) is 3.57. The van der Waals surface area contributed by atoms with Crippen LogP contribution in [0.1, 0.15) is 38.3 Å². The number of benzene rings is 1. The lowest BCUT2D eigenvalue weighted by Gasteiger charge is -2.21. The van der Waals surface area contributed by atoms with Gasteiger partial charge in [-0.15, -0.1) is 0 Å². The van der Waals surface area contributed by atoms with Gasteiger partial charge in [-0.2, -0.15) is 0 Å². The quantitative estimate of drug-likeness (QED) is 0.777. The Kier molecular flexibility index (Phi) is 5.62. The van der Waals surface area contributed by atoms with E-state index in [0.717, 1.165) is 12.5 Å². The van der Waals surface area contributed by atoms with Gasteiger partial charge in [0.15, 0.2) is 0 Å². The number of hydrogen-bond acceptors (Lipinski definition) is 3. The molecule has 1 fully saturated rings. The lowest BCUT2D eigenvalue weighted by atomic mass is 9.86. The number of carbonyl (C=O) groups is 1. The maximum absolute atomic E-state index is 8.56. The summed E-state index contributed by atoms with van der Waals surface area (Å²) < 4.78 is 2.11. The number of imidazole rings is 1. The molecule has 130 valence electrons. The minimum Gasteiger partial charge on any atom is -0.450 e. The highest BCUT2D eigenvalue weighted by Gasteiger charge is 2.42. The van der Waals surface area contributed by atoms with Crippen LogP contribution in [0.25, 0.3) is 5.69 Å². The summed E-state index contributed by atoms with van der Waals surface area (Å²) in [5.41, 5.74) is 8.48. The van der Waals surface area contributed by atoms with Crippen molar-refractivity contribution in [2.24, 2.45) is 17.1 Å². The lowest BCUT2D eigenvalue weighted by molar-refractivity contribution is 0.137. The fourth-order valence-electron chi connectivity index (χ4n) is 2.90. The summed E-state index contributed by atoms with van der Waals surface area (Å²) in [7, 11) is 0. The van der Waals surface area contributed by atoms with Crippen LogP contribution in [-0.2, 0) is 0 Å². The maximum atomic E-state index is 8.56. The Balaban J connectivity index is 0.000000471. The smallest absolute Gasteiger partial charge is 0.450 e. The second-order valence-electron chi connectivity index (χ2n) is 7.00. The third kappa shape index (κ3) is 5.09. The van der Waals surface area contributed by atoms with Gasteiger partial charge < -0.3 is 20.5 Å². The Hall–Kier alpha value is -2.34. The molecule has 0 saturated heterocycles. The molecule has 6 heteroatoms. The van der Waals surface area contributed by atoms with Crippen LogP contribution in [0.3, 0.4) is 0 Å². The molecule has 2 aromatic rings. The topological polar surface area (TPSA) is 101 Å². The van der Waals surface area contributed by atoms with Gasteiger partial charge in [-0.1, -0.05) is 32.0 Å². The number of nitrogens with two attached hydrogens (primary N) is 1. The number of rotatable bonds is 5. The van der Waals surface area contributed by atoms with E-state index in [2.05, 4.69) is 53.9 Å². The van der Waals surface area contributed by atoms with Crippen LogP contribution in [0, 0.1) is 11.3 Å². The molecule has 1 aromatic heterocycles. The molecule has 0 bridgehead atoms. The molecular weight excluding hydrogens is 306 g/mol. The van der Waals surface area contributed by atoms with Crippen molar-refractivity contribution in [3.63, 3.8) is 0 Å². The number of aromatic nitrogens is 2. The summed E-state index contributed by atoms with van der Waals surface area (Å²) in [6.45, 7) is 5.27. The Bertz CT molecular complexity index is 663. The van der Waals surface area contributed by atoms with E-state index in [0.29, 0.717) is 5.92 Å². The fraction of sp³-hybridized carbons (Fsp3) is 0.444. The molecule has 0 radical (unpaired) electrons. The van der Waals surface area contributed by atoms with Gasteiger partial charge in [0.25, 0.3) is 0 Å². The normalized spacial score (nSPS) is 19.3. The van der Waals surface area contributed by atoms with Gasteiger partial charge >= 0.3 is 6.16 Å². The minimum atomic E-state index is -1.83. The van der Waals surface area contributed by atoms with E-state index in [-0.39, 0.29) is 5.41 Å². The van der Waals surface area contributed by atoms with Gasteiger partial charge in [0.05, 0.1) is 12.0 Å². The molecular formula is C18H25N3O3. The van der Waals surface area contributed by atoms with E-state index in [1.165, 1.54) is 24.2 Å². The zero-order valence-corrected chi connectivity index (χ0v) is 14.1. The van der Waals surface area contributed by atoms with E-state index in [1.807, 2.05) is 12.4 Å². The summed E-state index contributed by atoms with van der Waals surface area (Å²) in [5.74, 6) is 1.39. The van der Waals surface area contributed by atoms with Crippen LogP contribution < -0.4 is 5.73 Å². The SMILES string of the molecule is CC(C)(CN)CC1CC1c1cn(-c2ccccc2)cn1.O=C(O)O. The summed E-state index contributed by atoms with van der Waals surface area (Å²) in [6.07, 6.45) is 4.73. The predicted molar refractivity (Wildman–Crippen MR) is 92.5 cm³/mol. The summed E-state index contributed by atoms with van der Waals surface area (Å²) in [6, 6.07) is 10.4. The van der Waals surface area contributed by atoms with Crippen LogP contribution in [0.15, 0.2) is 42.9 Å². The molecule has 2 atom stereocenters. The molecule has 6 nitrogen and oxygen atoms in total. The van der Waals surface area contributed by atoms with Crippen LogP contribution in [0.4, 0.5) is 4.79 Å². The van der Waals surface area contributed by atoms with E-state index in [4.69, 9.17) is 20.7 Å². The molecule has 0 aliphatic heterocycles. The molecule has 0 spiro atoms. The Labute approximate surface area is 142 Å². The average Bonchev–Trinajstić information content (AvgIpc) is 3.10. The molecule has 1 aliphatic rings. The molecule has 1 aromatic carbocycles. The first-order valence-electron chi connectivity index (χ1n) is 8.03. The van der Waals surface area contributed by atoms with Crippen molar-refractivity contribution in [2.75, 3.05) is 6.54 Å². The second kappa shape index (κ2) is 7.49. The zero-order chi connectivity index (χ0) is 17.7. The van der Waals surface area contributed by atoms with E-state index < -0.39 is 6.16 Å². The summed E-state index contributed by atoms with van der Waals surface area (Å²) in [4.78, 5) is 13.1. The molecule has 1 saturated carbocycles. The van der Waals surface area contributed by atoms with Crippen molar-refractivity contribution in [1.29, 1.82) is 0 Å². The highest BCUT2D eigenvalue weighted by atomic mass is 16.6. The highest BCUT2D eigenvalue weighted by Crippen LogP contribution is 2.52. The number of hydrogen-bond donors (Lipinski definition) is 3. The van der Waals surface area contributed by atoms with Crippen LogP contribution in [0.2, 0.25) is 0 Å². The Morgan fingerprint density at radius 2 is 1.96 bits per heavy atom. The first-order chi connectivity index (χ1) is 11.3. The Morgan fingerprint density at radius 1 is 1.33 bits per heavy atom. The van der Waals surface area contributed by atoms with E-state index in [9.17, 15) is 0 Å². The molecule has 0 amide bonds. The van der Waals surface area contributed by atoms with Crippen molar-refractivity contribution in [2.45, 2.75) is 32.6 Å². The van der Waals surface area contributed by atoms with E-state index in [1.54, 1.807) is 0 Å². The van der Waals surface area contributed by atoms with Crippen molar-refractivity contribution < 1.29 is 15.0 Å². The van der Waals surface area contributed by atoms with Crippen molar-refractivity contribution in [1.82, 2.24) is 9.55 Å². The minimum absolute atomic E-state index is 0.251. The largest absolute Gasteiger partial charge is 0.503 e. The van der Waals surface area contributed by atoms with Gasteiger partial charge in [0.2, 0.25) is 0 Å². The lowest BCUT2D eigenvalue weighted by Crippen LogP contribution is -2.24. The number of para-hydroxylation sites is 1. The standard InChI is InChI=1S/C17H23N3.CH2O3/c1-17(2,11-18)9-13-8-15(13)16-10-20(12-19-16)14-6-4-3-5-7-14;2-1(3)4/h3-7,10,12-13,15H,8-9,11,18H2,1-2H3;(H2,2,3,4). The van der Waals surface area contributed by atoms with Crippen molar-refractivity contribution in [3.8, 4) is 5.69 Å². The first-order valence-corrected chi connectivity index (χ1v) is 8.03. The maximum Gasteiger partial charge on any atom is 0.503 e. The van der Waals surface area contributed by atoms with Gasteiger partial charge in [0, 0.05) is 17.8 Å². The highest BCUT2D eigenvalue weighted by molar-refractivity contribution is 5.53. The molecule has 24 heavy (non-hydrogen) atoms. The Morgan fingerprint density at radius 3 is 2.54 bits per heavy atom. The average molecular weight is 331 g/mol. The monoisotopic (exact) mass is 331 g/mol. The van der Waals surface area contributed by atoms with Crippen molar-refractivity contribution >= 4 is 6.16 Å². The fourth-order valence-corrected chi connectivity index (χ4v) is 2.90. The van der Waals surface area contributed by atoms with Gasteiger partial charge in [-0.25, -0.2) is 9.78 Å². The van der Waals surface area contributed by atoms with Gasteiger partial charge in [-0.3, -0.25) is 0 Å². The van der Waals surface area contributed by atoms with Gasteiger partial charge in [0.1, 0.15) is 0 Å². The third-order valence-electron chi connectivity index (χ3n) is 4.33. The molecule has 4 N–H and O–H groups in total. The summed E-state index contributed by atoms with van der Waals surface area (Å²) >= 11 is 0.